The van der Waals surface area contributed by atoms with Crippen LogP contribution in [-0.2, 0) is 0 Å². The smallest absolute Gasteiger partial charge is 0.260 e. The number of benzene rings is 2. The molecule has 2 N–H and O–H groups in total. The fourth-order valence-electron chi connectivity index (χ4n) is 1.82. The standard InChI is InChI=1S/C15H15FN2O/c1-10-6-7-13(14(16)8-10)15(19)18(2)12-5-3-4-11(17)9-12/h3-9H,17H2,1-2H3. The summed E-state index contributed by atoms with van der Waals surface area (Å²) in [6, 6.07) is 11.5. The number of carbonyl (C=O) groups excluding carboxylic acids is 1. The van der Waals surface area contributed by atoms with Crippen LogP contribution >= 0.6 is 0 Å². The maximum atomic E-state index is 13.8. The average Bonchev–Trinajstić information content (AvgIpc) is 2.37. The molecule has 0 aromatic heterocycles. The van der Waals surface area contributed by atoms with E-state index in [0.717, 1.165) is 5.56 Å². The van der Waals surface area contributed by atoms with Crippen molar-refractivity contribution in [3.8, 4) is 0 Å². The normalized spacial score (nSPS) is 10.3. The predicted molar refractivity (Wildman–Crippen MR) is 74.7 cm³/mol. The summed E-state index contributed by atoms with van der Waals surface area (Å²) >= 11 is 0. The van der Waals surface area contributed by atoms with Crippen LogP contribution in [0, 0.1) is 12.7 Å². The van der Waals surface area contributed by atoms with Gasteiger partial charge in [0.05, 0.1) is 5.56 Å². The first-order chi connectivity index (χ1) is 8.99. The Bertz CT molecular complexity index is 625. The van der Waals surface area contributed by atoms with E-state index in [9.17, 15) is 9.18 Å². The highest BCUT2D eigenvalue weighted by atomic mass is 19.1. The monoisotopic (exact) mass is 258 g/mol. The average molecular weight is 258 g/mol. The van der Waals surface area contributed by atoms with Gasteiger partial charge in [-0.15, -0.1) is 0 Å². The van der Waals surface area contributed by atoms with Crippen molar-refractivity contribution < 1.29 is 9.18 Å². The van der Waals surface area contributed by atoms with Crippen LogP contribution in [0.25, 0.3) is 0 Å². The van der Waals surface area contributed by atoms with Gasteiger partial charge in [0.1, 0.15) is 5.82 Å². The van der Waals surface area contributed by atoms with Crippen LogP contribution in [0.5, 0.6) is 0 Å². The molecule has 98 valence electrons. The Morgan fingerprint density at radius 1 is 1.21 bits per heavy atom. The molecular weight excluding hydrogens is 243 g/mol. The van der Waals surface area contributed by atoms with Gasteiger partial charge in [0.2, 0.25) is 0 Å². The number of rotatable bonds is 2. The van der Waals surface area contributed by atoms with Crippen LogP contribution in [0.3, 0.4) is 0 Å². The van der Waals surface area contributed by atoms with Crippen LogP contribution in [-0.4, -0.2) is 13.0 Å². The molecule has 1 amide bonds. The minimum Gasteiger partial charge on any atom is -0.399 e. The molecule has 0 bridgehead atoms. The molecule has 0 atom stereocenters. The predicted octanol–water partition coefficient (Wildman–Crippen LogP) is 2.99. The number of hydrogen-bond donors (Lipinski definition) is 1. The second-order valence-corrected chi connectivity index (χ2v) is 4.44. The van der Waals surface area contributed by atoms with E-state index >= 15 is 0 Å². The molecule has 0 saturated heterocycles. The molecule has 19 heavy (non-hydrogen) atoms. The van der Waals surface area contributed by atoms with Gasteiger partial charge in [0.25, 0.3) is 5.91 Å². The topological polar surface area (TPSA) is 46.3 Å². The van der Waals surface area contributed by atoms with E-state index in [4.69, 9.17) is 5.73 Å². The van der Waals surface area contributed by atoms with Crippen molar-refractivity contribution in [2.45, 2.75) is 6.92 Å². The van der Waals surface area contributed by atoms with Gasteiger partial charge in [-0.1, -0.05) is 12.1 Å². The second-order valence-electron chi connectivity index (χ2n) is 4.44. The Hall–Kier alpha value is -2.36. The number of nitrogens with zero attached hydrogens (tertiary/aromatic N) is 1. The lowest BCUT2D eigenvalue weighted by Crippen LogP contribution is -2.27. The summed E-state index contributed by atoms with van der Waals surface area (Å²) in [5, 5.41) is 0. The summed E-state index contributed by atoms with van der Waals surface area (Å²) in [5.74, 6) is -0.913. The second kappa shape index (κ2) is 5.10. The van der Waals surface area contributed by atoms with Crippen molar-refractivity contribution in [2.24, 2.45) is 0 Å². The van der Waals surface area contributed by atoms with Crippen LogP contribution < -0.4 is 10.6 Å². The first-order valence-corrected chi connectivity index (χ1v) is 5.89. The molecule has 2 rings (SSSR count). The Labute approximate surface area is 111 Å². The molecular formula is C15H15FN2O. The molecule has 2 aromatic carbocycles. The van der Waals surface area contributed by atoms with Gasteiger partial charge < -0.3 is 10.6 Å². The molecule has 0 spiro atoms. The summed E-state index contributed by atoms with van der Waals surface area (Å²) < 4.78 is 13.8. The number of nitrogen functional groups attached to an aromatic ring is 1. The van der Waals surface area contributed by atoms with Gasteiger partial charge in [0, 0.05) is 18.4 Å². The zero-order valence-corrected chi connectivity index (χ0v) is 10.9. The summed E-state index contributed by atoms with van der Waals surface area (Å²) in [4.78, 5) is 13.6. The van der Waals surface area contributed by atoms with E-state index < -0.39 is 11.7 Å². The van der Waals surface area contributed by atoms with Crippen molar-refractivity contribution in [3.63, 3.8) is 0 Å². The molecule has 0 heterocycles. The van der Waals surface area contributed by atoms with Crippen molar-refractivity contribution in [2.75, 3.05) is 17.7 Å². The van der Waals surface area contributed by atoms with E-state index in [0.29, 0.717) is 11.4 Å². The number of carbonyl (C=O) groups is 1. The fraction of sp³-hybridized carbons (Fsp3) is 0.133. The highest BCUT2D eigenvalue weighted by molar-refractivity contribution is 6.06. The number of nitrogens with two attached hydrogens (primary N) is 1. The molecule has 0 fully saturated rings. The van der Waals surface area contributed by atoms with Crippen molar-refractivity contribution in [1.29, 1.82) is 0 Å². The number of aryl methyl sites for hydroxylation is 1. The third-order valence-electron chi connectivity index (χ3n) is 2.92. The summed E-state index contributed by atoms with van der Waals surface area (Å²) in [7, 11) is 1.59. The molecule has 4 heteroatoms. The Morgan fingerprint density at radius 2 is 1.95 bits per heavy atom. The maximum Gasteiger partial charge on any atom is 0.260 e. The van der Waals surface area contributed by atoms with Gasteiger partial charge >= 0.3 is 0 Å². The van der Waals surface area contributed by atoms with E-state index in [1.807, 2.05) is 0 Å². The first-order valence-electron chi connectivity index (χ1n) is 5.89. The molecule has 0 aliphatic carbocycles. The fourth-order valence-corrected chi connectivity index (χ4v) is 1.82. The van der Waals surface area contributed by atoms with Crippen LogP contribution in [0.15, 0.2) is 42.5 Å². The zero-order chi connectivity index (χ0) is 14.0. The number of halogens is 1. The quantitative estimate of drug-likeness (QED) is 0.842. The van der Waals surface area contributed by atoms with Gasteiger partial charge in [-0.05, 0) is 42.8 Å². The molecule has 2 aromatic rings. The van der Waals surface area contributed by atoms with Crippen LogP contribution in [0.4, 0.5) is 15.8 Å². The summed E-state index contributed by atoms with van der Waals surface area (Å²) in [6.45, 7) is 1.78. The van der Waals surface area contributed by atoms with Crippen molar-refractivity contribution >= 4 is 17.3 Å². The lowest BCUT2D eigenvalue weighted by Gasteiger charge is -2.18. The van der Waals surface area contributed by atoms with Crippen LogP contribution in [0.2, 0.25) is 0 Å². The highest BCUT2D eigenvalue weighted by Gasteiger charge is 2.17. The number of hydrogen-bond acceptors (Lipinski definition) is 2. The summed E-state index contributed by atoms with van der Waals surface area (Å²) in [6.07, 6.45) is 0. The molecule has 0 radical (unpaired) electrons. The highest BCUT2D eigenvalue weighted by Crippen LogP contribution is 2.20. The van der Waals surface area contributed by atoms with Gasteiger partial charge in [-0.3, -0.25) is 4.79 Å². The van der Waals surface area contributed by atoms with E-state index in [1.54, 1.807) is 44.3 Å². The van der Waals surface area contributed by atoms with Gasteiger partial charge in [-0.25, -0.2) is 4.39 Å². The molecule has 0 aliphatic rings. The lowest BCUT2D eigenvalue weighted by atomic mass is 10.1. The number of anilines is 2. The Morgan fingerprint density at radius 3 is 2.58 bits per heavy atom. The Kier molecular flexibility index (Phi) is 3.51. The first kappa shape index (κ1) is 13.1. The number of amides is 1. The van der Waals surface area contributed by atoms with Crippen molar-refractivity contribution in [3.05, 3.63) is 59.4 Å². The Balaban J connectivity index is 2.33. The molecule has 0 saturated carbocycles. The lowest BCUT2D eigenvalue weighted by molar-refractivity contribution is 0.0989. The minimum absolute atomic E-state index is 0.0514. The summed E-state index contributed by atoms with van der Waals surface area (Å²) in [5.41, 5.74) is 7.69. The zero-order valence-electron chi connectivity index (χ0n) is 10.9. The molecule has 0 unspecified atom stereocenters. The minimum atomic E-state index is -0.513. The largest absolute Gasteiger partial charge is 0.399 e. The molecule has 0 aliphatic heterocycles. The van der Waals surface area contributed by atoms with E-state index in [-0.39, 0.29) is 5.56 Å². The van der Waals surface area contributed by atoms with Gasteiger partial charge in [-0.2, -0.15) is 0 Å². The van der Waals surface area contributed by atoms with E-state index in [2.05, 4.69) is 0 Å². The molecule has 3 nitrogen and oxygen atoms in total. The van der Waals surface area contributed by atoms with E-state index in [1.165, 1.54) is 17.0 Å². The van der Waals surface area contributed by atoms with Crippen molar-refractivity contribution in [1.82, 2.24) is 0 Å². The SMILES string of the molecule is Cc1ccc(C(=O)N(C)c2cccc(N)c2)c(F)c1. The third-order valence-corrected chi connectivity index (χ3v) is 2.92. The van der Waals surface area contributed by atoms with Crippen LogP contribution in [0.1, 0.15) is 15.9 Å². The van der Waals surface area contributed by atoms with Gasteiger partial charge in [0.15, 0.2) is 0 Å². The maximum absolute atomic E-state index is 13.8. The third kappa shape index (κ3) is 2.73.